The Hall–Kier alpha value is -1.14. The fourth-order valence-corrected chi connectivity index (χ4v) is 4.37. The summed E-state index contributed by atoms with van der Waals surface area (Å²) in [5.74, 6) is 0.348. The third-order valence-electron chi connectivity index (χ3n) is 5.87. The minimum Gasteiger partial charge on any atom is -0.339 e. The molecular weight excluding hydrogens is 292 g/mol. The van der Waals surface area contributed by atoms with E-state index in [-0.39, 0.29) is 17.4 Å². The van der Waals surface area contributed by atoms with Gasteiger partial charge in [0.15, 0.2) is 0 Å². The molecule has 0 aromatic heterocycles. The van der Waals surface area contributed by atoms with Gasteiger partial charge in [-0.05, 0) is 12.8 Å². The molecule has 0 radical (unpaired) electrons. The van der Waals surface area contributed by atoms with Crippen molar-refractivity contribution in [3.8, 4) is 0 Å². The van der Waals surface area contributed by atoms with E-state index in [1.165, 1.54) is 32.1 Å². The molecule has 3 fully saturated rings. The first-order chi connectivity index (χ1) is 11.1. The number of nitrogens with zero attached hydrogens (tertiary/aromatic N) is 3. The van der Waals surface area contributed by atoms with Gasteiger partial charge < -0.3 is 15.1 Å². The molecule has 0 bridgehead atoms. The van der Waals surface area contributed by atoms with Crippen LogP contribution >= 0.6 is 0 Å². The maximum Gasteiger partial charge on any atom is 0.236 e. The van der Waals surface area contributed by atoms with Crippen LogP contribution in [0.2, 0.25) is 0 Å². The van der Waals surface area contributed by atoms with Crippen molar-refractivity contribution in [3.63, 3.8) is 0 Å². The number of rotatable bonds is 2. The molecule has 2 amide bonds. The van der Waals surface area contributed by atoms with Crippen LogP contribution in [0.1, 0.15) is 39.0 Å². The number of nitrogens with one attached hydrogen (secondary N) is 1. The molecule has 6 heteroatoms. The molecule has 1 N–H and O–H groups in total. The Morgan fingerprint density at radius 1 is 0.957 bits per heavy atom. The molecule has 0 unspecified atom stereocenters. The van der Waals surface area contributed by atoms with Crippen molar-refractivity contribution in [3.05, 3.63) is 0 Å². The van der Waals surface area contributed by atoms with E-state index in [1.807, 2.05) is 9.80 Å². The molecule has 1 aliphatic carbocycles. The van der Waals surface area contributed by atoms with Crippen LogP contribution in [0.25, 0.3) is 0 Å². The molecule has 6 nitrogen and oxygen atoms in total. The summed E-state index contributed by atoms with van der Waals surface area (Å²) in [6.07, 6.45) is 6.32. The van der Waals surface area contributed by atoms with E-state index >= 15 is 0 Å². The van der Waals surface area contributed by atoms with Gasteiger partial charge >= 0.3 is 0 Å². The van der Waals surface area contributed by atoms with Crippen molar-refractivity contribution in [1.29, 1.82) is 0 Å². The van der Waals surface area contributed by atoms with Crippen LogP contribution in [0, 0.1) is 0 Å². The van der Waals surface area contributed by atoms with Gasteiger partial charge in [0.2, 0.25) is 11.8 Å². The van der Waals surface area contributed by atoms with Crippen LogP contribution in [0.5, 0.6) is 0 Å². The van der Waals surface area contributed by atoms with Crippen molar-refractivity contribution >= 4 is 11.8 Å². The van der Waals surface area contributed by atoms with Crippen molar-refractivity contribution in [2.45, 2.75) is 44.6 Å². The zero-order chi connectivity index (χ0) is 16.3. The van der Waals surface area contributed by atoms with Crippen LogP contribution in [0.15, 0.2) is 0 Å². The normalized spacial score (nSPS) is 25.6. The van der Waals surface area contributed by atoms with E-state index in [0.29, 0.717) is 32.7 Å². The molecule has 0 atom stereocenters. The zero-order valence-corrected chi connectivity index (χ0v) is 14.4. The number of hydrogen-bond acceptors (Lipinski definition) is 4. The van der Waals surface area contributed by atoms with E-state index in [1.54, 1.807) is 6.92 Å². The van der Waals surface area contributed by atoms with Crippen LogP contribution < -0.4 is 5.32 Å². The number of carbonyl (C=O) groups is 2. The summed E-state index contributed by atoms with van der Waals surface area (Å²) in [5.41, 5.74) is 0.202. The minimum absolute atomic E-state index is 0.111. The molecule has 3 aliphatic rings. The lowest BCUT2D eigenvalue weighted by Gasteiger charge is -2.50. The first-order valence-corrected chi connectivity index (χ1v) is 9.10. The lowest BCUT2D eigenvalue weighted by atomic mass is 9.79. The lowest BCUT2D eigenvalue weighted by molar-refractivity contribution is -0.141. The maximum atomic E-state index is 12.7. The number of piperazine rings is 2. The number of hydrogen-bond donors (Lipinski definition) is 1. The van der Waals surface area contributed by atoms with Gasteiger partial charge in [0.25, 0.3) is 0 Å². The monoisotopic (exact) mass is 322 g/mol. The molecule has 0 aromatic carbocycles. The molecule has 2 saturated heterocycles. The Morgan fingerprint density at radius 3 is 2.26 bits per heavy atom. The topological polar surface area (TPSA) is 55.9 Å². The van der Waals surface area contributed by atoms with E-state index in [4.69, 9.17) is 0 Å². The molecular formula is C17H30N4O2. The second-order valence-corrected chi connectivity index (χ2v) is 7.27. The van der Waals surface area contributed by atoms with Gasteiger partial charge in [-0.25, -0.2) is 0 Å². The predicted molar refractivity (Wildman–Crippen MR) is 89.1 cm³/mol. The predicted octanol–water partition coefficient (Wildman–Crippen LogP) is 0.285. The Bertz CT molecular complexity index is 432. The van der Waals surface area contributed by atoms with Gasteiger partial charge in [-0.15, -0.1) is 0 Å². The molecule has 2 aliphatic heterocycles. The molecule has 0 aromatic rings. The highest BCUT2D eigenvalue weighted by Gasteiger charge is 2.40. The van der Waals surface area contributed by atoms with Crippen LogP contribution in [0.3, 0.4) is 0 Å². The first-order valence-electron chi connectivity index (χ1n) is 9.10. The second-order valence-electron chi connectivity index (χ2n) is 7.27. The Balaban J connectivity index is 1.57. The zero-order valence-electron chi connectivity index (χ0n) is 14.4. The molecule has 3 rings (SSSR count). The van der Waals surface area contributed by atoms with Crippen LogP contribution in [-0.2, 0) is 9.59 Å². The summed E-state index contributed by atoms with van der Waals surface area (Å²) in [6, 6.07) is 0. The fourth-order valence-electron chi connectivity index (χ4n) is 4.37. The summed E-state index contributed by atoms with van der Waals surface area (Å²) in [7, 11) is 0. The highest BCUT2D eigenvalue weighted by molar-refractivity contribution is 5.79. The van der Waals surface area contributed by atoms with Crippen molar-refractivity contribution in [2.75, 3.05) is 52.4 Å². The van der Waals surface area contributed by atoms with E-state index in [2.05, 4.69) is 10.2 Å². The van der Waals surface area contributed by atoms with Gasteiger partial charge in [0.1, 0.15) is 0 Å². The first kappa shape index (κ1) is 16.7. The van der Waals surface area contributed by atoms with Crippen LogP contribution in [0.4, 0.5) is 0 Å². The van der Waals surface area contributed by atoms with E-state index in [0.717, 1.165) is 19.6 Å². The smallest absolute Gasteiger partial charge is 0.236 e. The van der Waals surface area contributed by atoms with Crippen molar-refractivity contribution in [1.82, 2.24) is 20.0 Å². The summed E-state index contributed by atoms with van der Waals surface area (Å²) >= 11 is 0. The van der Waals surface area contributed by atoms with Crippen molar-refractivity contribution < 1.29 is 9.59 Å². The van der Waals surface area contributed by atoms with Gasteiger partial charge in [-0.3, -0.25) is 14.5 Å². The van der Waals surface area contributed by atoms with Gasteiger partial charge in [-0.2, -0.15) is 0 Å². The van der Waals surface area contributed by atoms with Crippen molar-refractivity contribution in [2.24, 2.45) is 0 Å². The van der Waals surface area contributed by atoms with Gasteiger partial charge in [0.05, 0.1) is 6.54 Å². The third kappa shape index (κ3) is 3.69. The molecule has 1 spiro atoms. The summed E-state index contributed by atoms with van der Waals surface area (Å²) in [5, 5.41) is 3.54. The van der Waals surface area contributed by atoms with Crippen LogP contribution in [-0.4, -0.2) is 84.4 Å². The number of carbonyl (C=O) groups excluding carboxylic acids is 2. The molecule has 1 saturated carbocycles. The Kier molecular flexibility index (Phi) is 5.21. The van der Waals surface area contributed by atoms with E-state index in [9.17, 15) is 9.59 Å². The highest BCUT2D eigenvalue weighted by Crippen LogP contribution is 2.34. The van der Waals surface area contributed by atoms with E-state index < -0.39 is 0 Å². The molecule has 130 valence electrons. The average molecular weight is 322 g/mol. The highest BCUT2D eigenvalue weighted by atomic mass is 16.2. The largest absolute Gasteiger partial charge is 0.339 e. The molecule has 23 heavy (non-hydrogen) atoms. The fraction of sp³-hybridized carbons (Fsp3) is 0.882. The minimum atomic E-state index is 0.111. The lowest BCUT2D eigenvalue weighted by Crippen LogP contribution is -2.64. The summed E-state index contributed by atoms with van der Waals surface area (Å²) < 4.78 is 0. The second kappa shape index (κ2) is 7.18. The quantitative estimate of drug-likeness (QED) is 0.794. The van der Waals surface area contributed by atoms with Gasteiger partial charge in [0, 0.05) is 58.3 Å². The standard InChI is InChI=1S/C17H30N4O2/c1-15(22)19-9-11-20(12-10-19)16(23)13-21-8-7-18-14-17(21)5-3-2-4-6-17/h18H,2-14H2,1H3. The van der Waals surface area contributed by atoms with Gasteiger partial charge in [-0.1, -0.05) is 19.3 Å². The summed E-state index contributed by atoms with van der Waals surface area (Å²) in [4.78, 5) is 30.4. The maximum absolute atomic E-state index is 12.7. The average Bonchev–Trinajstić information content (AvgIpc) is 2.58. The molecule has 2 heterocycles. The summed E-state index contributed by atoms with van der Waals surface area (Å²) in [6.45, 7) is 7.83. The Morgan fingerprint density at radius 2 is 1.61 bits per heavy atom. The third-order valence-corrected chi connectivity index (χ3v) is 5.87. The number of amides is 2. The Labute approximate surface area is 139 Å². The SMILES string of the molecule is CC(=O)N1CCN(C(=O)CN2CCNCC23CCCCC3)CC1.